The molecule has 1 unspecified atom stereocenters. The molecular formula is C16H15Cl2N3O3. The number of ether oxygens (including phenoxy) is 1. The second-order valence-corrected chi connectivity index (χ2v) is 6.42. The fourth-order valence-electron chi connectivity index (χ4n) is 2.67. The minimum atomic E-state index is -0.243. The molecule has 1 aliphatic carbocycles. The molecule has 0 spiro atoms. The summed E-state index contributed by atoms with van der Waals surface area (Å²) in [5.41, 5.74) is 1.52. The van der Waals surface area contributed by atoms with E-state index in [4.69, 9.17) is 27.9 Å². The number of nitrogens with one attached hydrogen (secondary N) is 2. The van der Waals surface area contributed by atoms with Crippen molar-refractivity contribution in [1.29, 1.82) is 0 Å². The van der Waals surface area contributed by atoms with E-state index in [0.717, 1.165) is 17.7 Å². The van der Waals surface area contributed by atoms with Gasteiger partial charge in [-0.3, -0.25) is 9.59 Å². The Balaban J connectivity index is 1.55. The van der Waals surface area contributed by atoms with Crippen LogP contribution in [0.4, 0.5) is 0 Å². The van der Waals surface area contributed by atoms with Crippen molar-refractivity contribution >= 4 is 29.1 Å². The minimum Gasteiger partial charge on any atom is -0.482 e. The van der Waals surface area contributed by atoms with E-state index in [0.29, 0.717) is 28.6 Å². The zero-order chi connectivity index (χ0) is 17.1. The second kappa shape index (κ2) is 7.23. The molecule has 0 bridgehead atoms. The Morgan fingerprint density at radius 2 is 2.21 bits per heavy atom. The number of nitrogens with zero attached hydrogens (tertiary/aromatic N) is 1. The lowest BCUT2D eigenvalue weighted by molar-refractivity contribution is -0.123. The first-order valence-electron chi connectivity index (χ1n) is 7.46. The van der Waals surface area contributed by atoms with Crippen LogP contribution in [0, 0.1) is 0 Å². The first-order chi connectivity index (χ1) is 11.5. The average Bonchev–Trinajstić information content (AvgIpc) is 2.53. The number of rotatable bonds is 4. The van der Waals surface area contributed by atoms with Crippen LogP contribution in [-0.4, -0.2) is 28.8 Å². The maximum Gasteiger partial charge on any atom is 0.264 e. The van der Waals surface area contributed by atoms with Crippen molar-refractivity contribution in [3.8, 4) is 5.75 Å². The number of aromatic amines is 1. The molecule has 1 amide bonds. The predicted molar refractivity (Wildman–Crippen MR) is 90.8 cm³/mol. The van der Waals surface area contributed by atoms with Gasteiger partial charge >= 0.3 is 0 Å². The number of carbonyl (C=O) groups excluding carboxylic acids is 1. The molecule has 8 heteroatoms. The SMILES string of the molecule is O=C(COc1ccc(Cl)cc1Cl)NC1CCc2n[nH]c(=O)cc2C1. The van der Waals surface area contributed by atoms with Gasteiger partial charge in [0.05, 0.1) is 10.7 Å². The third kappa shape index (κ3) is 4.07. The quantitative estimate of drug-likeness (QED) is 0.866. The second-order valence-electron chi connectivity index (χ2n) is 5.57. The van der Waals surface area contributed by atoms with Crippen LogP contribution in [0.5, 0.6) is 5.75 Å². The molecule has 1 aliphatic rings. The monoisotopic (exact) mass is 367 g/mol. The molecular weight excluding hydrogens is 353 g/mol. The van der Waals surface area contributed by atoms with Crippen LogP contribution in [0.1, 0.15) is 17.7 Å². The first kappa shape index (κ1) is 16.8. The first-order valence-corrected chi connectivity index (χ1v) is 8.21. The molecule has 1 heterocycles. The number of amides is 1. The summed E-state index contributed by atoms with van der Waals surface area (Å²) >= 11 is 11.8. The fourth-order valence-corrected chi connectivity index (χ4v) is 3.13. The van der Waals surface area contributed by atoms with E-state index >= 15 is 0 Å². The molecule has 0 saturated heterocycles. The van der Waals surface area contributed by atoms with E-state index < -0.39 is 0 Å². The molecule has 1 atom stereocenters. The summed E-state index contributed by atoms with van der Waals surface area (Å²) in [4.78, 5) is 23.4. The summed E-state index contributed by atoms with van der Waals surface area (Å²) in [5.74, 6) is 0.160. The van der Waals surface area contributed by atoms with Gasteiger partial charge in [-0.25, -0.2) is 5.10 Å². The lowest BCUT2D eigenvalue weighted by atomic mass is 9.92. The number of fused-ring (bicyclic) bond motifs is 1. The Bertz CT molecular complexity index is 822. The smallest absolute Gasteiger partial charge is 0.264 e. The van der Waals surface area contributed by atoms with Gasteiger partial charge in [0.1, 0.15) is 5.75 Å². The highest BCUT2D eigenvalue weighted by Gasteiger charge is 2.21. The van der Waals surface area contributed by atoms with E-state index in [1.54, 1.807) is 18.2 Å². The number of benzene rings is 1. The van der Waals surface area contributed by atoms with E-state index in [2.05, 4.69) is 15.5 Å². The van der Waals surface area contributed by atoms with Crippen LogP contribution in [0.25, 0.3) is 0 Å². The molecule has 0 aliphatic heterocycles. The number of aryl methyl sites for hydroxylation is 1. The van der Waals surface area contributed by atoms with Crippen molar-refractivity contribution < 1.29 is 9.53 Å². The number of carbonyl (C=O) groups is 1. The van der Waals surface area contributed by atoms with Crippen molar-refractivity contribution in [2.75, 3.05) is 6.61 Å². The van der Waals surface area contributed by atoms with Gasteiger partial charge in [-0.1, -0.05) is 23.2 Å². The Morgan fingerprint density at radius 3 is 3.00 bits per heavy atom. The number of halogens is 2. The Labute approximate surface area is 148 Å². The molecule has 24 heavy (non-hydrogen) atoms. The molecule has 2 aromatic rings. The summed E-state index contributed by atoms with van der Waals surface area (Å²) < 4.78 is 5.41. The highest BCUT2D eigenvalue weighted by Crippen LogP contribution is 2.27. The van der Waals surface area contributed by atoms with Crippen LogP contribution < -0.4 is 15.6 Å². The van der Waals surface area contributed by atoms with Crippen molar-refractivity contribution in [3.05, 3.63) is 55.9 Å². The van der Waals surface area contributed by atoms with E-state index in [1.165, 1.54) is 6.07 Å². The van der Waals surface area contributed by atoms with Crippen LogP contribution in [-0.2, 0) is 17.6 Å². The third-order valence-electron chi connectivity index (χ3n) is 3.79. The van der Waals surface area contributed by atoms with E-state index in [1.807, 2.05) is 0 Å². The van der Waals surface area contributed by atoms with E-state index in [9.17, 15) is 9.59 Å². The molecule has 0 fully saturated rings. The van der Waals surface area contributed by atoms with Crippen LogP contribution in [0.15, 0.2) is 29.1 Å². The van der Waals surface area contributed by atoms with Gasteiger partial charge in [0.2, 0.25) is 0 Å². The number of hydrogen-bond donors (Lipinski definition) is 2. The molecule has 126 valence electrons. The van der Waals surface area contributed by atoms with Gasteiger partial charge in [-0.15, -0.1) is 0 Å². The molecule has 1 aromatic carbocycles. The number of hydrogen-bond acceptors (Lipinski definition) is 4. The maximum absolute atomic E-state index is 12.1. The number of aromatic nitrogens is 2. The van der Waals surface area contributed by atoms with Gasteiger partial charge in [-0.05, 0) is 43.0 Å². The average molecular weight is 368 g/mol. The number of H-pyrrole nitrogens is 1. The topological polar surface area (TPSA) is 84.1 Å². The summed E-state index contributed by atoms with van der Waals surface area (Å²) in [5, 5.41) is 10.2. The highest BCUT2D eigenvalue weighted by molar-refractivity contribution is 6.35. The van der Waals surface area contributed by atoms with Crippen molar-refractivity contribution in [2.45, 2.75) is 25.3 Å². The maximum atomic E-state index is 12.1. The standard InChI is InChI=1S/C16H15Cl2N3O3/c17-10-1-4-14(12(18)7-10)24-8-16(23)19-11-2-3-13-9(5-11)6-15(22)21-20-13/h1,4,6-7,11H,2-3,5,8H2,(H,19,23)(H,21,22). The zero-order valence-electron chi connectivity index (χ0n) is 12.6. The summed E-state index contributed by atoms with van der Waals surface area (Å²) in [6, 6.07) is 6.30. The fraction of sp³-hybridized carbons (Fsp3) is 0.312. The molecule has 0 saturated carbocycles. The van der Waals surface area contributed by atoms with Crippen molar-refractivity contribution in [1.82, 2.24) is 15.5 Å². The zero-order valence-corrected chi connectivity index (χ0v) is 14.2. The normalized spacial score (nSPS) is 16.3. The van der Waals surface area contributed by atoms with Crippen LogP contribution in [0.3, 0.4) is 0 Å². The summed E-state index contributed by atoms with van der Waals surface area (Å²) in [6.07, 6.45) is 2.06. The molecule has 6 nitrogen and oxygen atoms in total. The van der Waals surface area contributed by atoms with Gasteiger partial charge in [0.15, 0.2) is 6.61 Å². The van der Waals surface area contributed by atoms with Crippen molar-refractivity contribution in [2.24, 2.45) is 0 Å². The Morgan fingerprint density at radius 1 is 1.38 bits per heavy atom. The van der Waals surface area contributed by atoms with Crippen molar-refractivity contribution in [3.63, 3.8) is 0 Å². The summed E-state index contributed by atoms with van der Waals surface area (Å²) in [6.45, 7) is -0.141. The molecule has 3 rings (SSSR count). The largest absolute Gasteiger partial charge is 0.482 e. The van der Waals surface area contributed by atoms with E-state index in [-0.39, 0.29) is 24.1 Å². The lowest BCUT2D eigenvalue weighted by Crippen LogP contribution is -2.41. The van der Waals surface area contributed by atoms with Gasteiger partial charge in [0.25, 0.3) is 11.5 Å². The van der Waals surface area contributed by atoms with Gasteiger partial charge < -0.3 is 10.1 Å². The predicted octanol–water partition coefficient (Wildman–Crippen LogP) is 2.13. The molecule has 0 radical (unpaired) electrons. The van der Waals surface area contributed by atoms with Crippen LogP contribution in [0.2, 0.25) is 10.0 Å². The molecule has 2 N–H and O–H groups in total. The summed E-state index contributed by atoms with van der Waals surface area (Å²) in [7, 11) is 0. The van der Waals surface area contributed by atoms with Gasteiger partial charge in [-0.2, -0.15) is 5.10 Å². The molecule has 1 aromatic heterocycles. The van der Waals surface area contributed by atoms with Crippen LogP contribution >= 0.6 is 23.2 Å². The Kier molecular flexibility index (Phi) is 5.06. The highest BCUT2D eigenvalue weighted by atomic mass is 35.5. The lowest BCUT2D eigenvalue weighted by Gasteiger charge is -2.24. The minimum absolute atomic E-state index is 0.0436. The third-order valence-corrected chi connectivity index (χ3v) is 4.32. The Hall–Kier alpha value is -2.05. The van der Waals surface area contributed by atoms with Gasteiger partial charge in [0, 0.05) is 17.1 Å².